The quantitative estimate of drug-likeness (QED) is 0.0774. The lowest BCUT2D eigenvalue weighted by Crippen LogP contribution is -2.57. The molecule has 12 aliphatic rings. The average Bonchev–Trinajstić information content (AvgIpc) is 1.57. The van der Waals surface area contributed by atoms with Gasteiger partial charge in [-0.3, -0.25) is 0 Å². The molecule has 5 aliphatic carbocycles. The van der Waals surface area contributed by atoms with Crippen LogP contribution in [0.1, 0.15) is 99.3 Å². The minimum atomic E-state index is -5.04. The van der Waals surface area contributed by atoms with Crippen molar-refractivity contribution in [3.05, 3.63) is 146 Å². The van der Waals surface area contributed by atoms with Crippen molar-refractivity contribution in [1.29, 1.82) is 0 Å². The van der Waals surface area contributed by atoms with E-state index >= 15 is 0 Å². The zero-order valence-corrected chi connectivity index (χ0v) is 55.4. The second-order valence-electron chi connectivity index (χ2n) is 25.2. The standard InChI is InChI=1S/2C13H16O4.C12H11F3O4.C12H14O4.C11H12O4.C10H10O5/c1-8(2)12(14)17-11-10-6-4-3-5-9(10)7-16-13(11)15;1-8(2)12(14)17-11-7-9-5-3-4-6-10(9)16-13(11)15;1-6(2)9(16)19-11(12(13,14)15)7-4-3-5-8(7)18-10(11)17;1-7(2)11(13)16-10-8-5-3-4-6-9(8)15-12(10)14;1-6(2)10(12)15-9-7-4-3-5-8(7)14-11(9)13;1-5(2)9(11)15-8-7-6(3-4-13-7)14-10(8)12/h2*3-4,9-11H,1,5-7H2,2H3;3,5,7-8H,1,4H2,2H3;3-4,8-10H,1,5-6H2,2H3;3,5,7-9H,1,4H2,2H3;3-4,6-8H,1H2,2H3. The first kappa shape index (κ1) is 76.5. The zero-order chi connectivity index (χ0) is 73.0. The molecule has 534 valence electrons. The maximum absolute atomic E-state index is 13.3. The molecule has 25 nitrogen and oxygen atoms in total. The van der Waals surface area contributed by atoms with E-state index in [1.807, 2.05) is 36.5 Å². The van der Waals surface area contributed by atoms with Gasteiger partial charge in [-0.05, 0) is 98.3 Å². The molecule has 6 fully saturated rings. The average molecular weight is 1390 g/mol. The van der Waals surface area contributed by atoms with Gasteiger partial charge in [-0.1, -0.05) is 88.1 Å². The third-order valence-corrected chi connectivity index (χ3v) is 17.3. The van der Waals surface area contributed by atoms with E-state index in [2.05, 4.69) is 61.1 Å². The highest BCUT2D eigenvalue weighted by molar-refractivity contribution is 5.94. The molecule has 12 rings (SSSR count). The predicted molar refractivity (Wildman–Crippen MR) is 336 cm³/mol. The molecule has 99 heavy (non-hydrogen) atoms. The number of carbonyl (C=O) groups is 12. The second-order valence-corrected chi connectivity index (χ2v) is 25.2. The van der Waals surface area contributed by atoms with Crippen LogP contribution < -0.4 is 0 Å². The Morgan fingerprint density at radius 2 is 0.869 bits per heavy atom. The number of carbonyl (C=O) groups excluding carboxylic acids is 12. The largest absolute Gasteiger partial charge is 0.489 e. The van der Waals surface area contributed by atoms with Gasteiger partial charge in [-0.2, -0.15) is 13.2 Å². The van der Waals surface area contributed by atoms with Crippen molar-refractivity contribution in [3.63, 3.8) is 0 Å². The molecule has 0 bridgehead atoms. The van der Waals surface area contributed by atoms with Crippen LogP contribution in [-0.2, 0) is 119 Å². The van der Waals surface area contributed by atoms with E-state index in [4.69, 9.17) is 52.1 Å². The number of fused-ring (bicyclic) bond motifs is 6. The molecule has 18 unspecified atom stereocenters. The highest BCUT2D eigenvalue weighted by Crippen LogP contribution is 2.51. The van der Waals surface area contributed by atoms with Gasteiger partial charge in [0, 0.05) is 76.4 Å². The molecule has 6 saturated heterocycles. The first-order chi connectivity index (χ1) is 46.6. The smallest absolute Gasteiger partial charge is 0.440 e. The fourth-order valence-corrected chi connectivity index (χ4v) is 11.9. The van der Waals surface area contributed by atoms with E-state index in [-0.39, 0.29) is 71.0 Å². The van der Waals surface area contributed by atoms with Crippen molar-refractivity contribution < 1.29 is 132 Å². The SMILES string of the molecule is C=C(C)C(=O)OC1(C(F)(F)F)C(=O)OC2C=CCC21.C=C(C)C(=O)OC1C(=O)OC2C=CCC21.C=C(C)C(=O)OC1C(=O)OC2C=COC21.C=C(C)C(=O)OC1C(=O)OC2CC=CCC21.C=C(C)C(=O)OC1C(=O)OCC2CC=CCC21.C=C(C)C(=O)OC1CC2CC=CCC2OC1=O. The van der Waals surface area contributed by atoms with Gasteiger partial charge in [-0.15, -0.1) is 0 Å². The molecule has 7 heterocycles. The maximum Gasteiger partial charge on any atom is 0.440 e. The lowest BCUT2D eigenvalue weighted by atomic mass is 9.78. The summed E-state index contributed by atoms with van der Waals surface area (Å²) >= 11 is 0. The van der Waals surface area contributed by atoms with Gasteiger partial charge in [-0.25, -0.2) is 57.5 Å². The third-order valence-electron chi connectivity index (χ3n) is 17.3. The molecule has 28 heteroatoms. The van der Waals surface area contributed by atoms with Crippen LogP contribution in [0, 0.1) is 35.5 Å². The summed E-state index contributed by atoms with van der Waals surface area (Å²) in [5.41, 5.74) is -2.05. The van der Waals surface area contributed by atoms with E-state index in [0.717, 1.165) is 25.7 Å². The number of rotatable bonds is 12. The van der Waals surface area contributed by atoms with Crippen LogP contribution in [0.2, 0.25) is 0 Å². The summed E-state index contributed by atoms with van der Waals surface area (Å²) < 4.78 is 105. The van der Waals surface area contributed by atoms with Crippen molar-refractivity contribution >= 4 is 71.6 Å². The summed E-state index contributed by atoms with van der Waals surface area (Å²) in [5, 5.41) is 0. The van der Waals surface area contributed by atoms with Crippen molar-refractivity contribution in [1.82, 2.24) is 0 Å². The van der Waals surface area contributed by atoms with E-state index < -0.39 is 138 Å². The number of hydrogen-bond donors (Lipinski definition) is 0. The number of alkyl halides is 3. The number of esters is 12. The predicted octanol–water partition coefficient (Wildman–Crippen LogP) is 7.93. The van der Waals surface area contributed by atoms with Crippen LogP contribution in [0.15, 0.2) is 146 Å². The number of hydrogen-bond acceptors (Lipinski definition) is 25. The Bertz CT molecular complexity index is 3420. The summed E-state index contributed by atoms with van der Waals surface area (Å²) in [6.45, 7) is 30.0. The van der Waals surface area contributed by atoms with Crippen LogP contribution in [0.25, 0.3) is 0 Å². The van der Waals surface area contributed by atoms with Crippen LogP contribution in [-0.4, -0.2) is 157 Å². The normalized spacial score (nSPS) is 31.9. The molecule has 0 aromatic heterocycles. The first-order valence-electron chi connectivity index (χ1n) is 31.7. The second kappa shape index (κ2) is 33.1. The fraction of sp³-hybridized carbons (Fsp3) is 0.493. The highest BCUT2D eigenvalue weighted by atomic mass is 19.4. The highest BCUT2D eigenvalue weighted by Gasteiger charge is 2.75. The fourth-order valence-electron chi connectivity index (χ4n) is 11.9. The van der Waals surface area contributed by atoms with Crippen molar-refractivity contribution in [2.24, 2.45) is 35.5 Å². The van der Waals surface area contributed by atoms with E-state index in [1.54, 1.807) is 33.8 Å². The Balaban J connectivity index is 0.000000167. The van der Waals surface area contributed by atoms with Crippen molar-refractivity contribution in [3.8, 4) is 0 Å². The topological polar surface area (TPSA) is 325 Å². The molecule has 7 aliphatic heterocycles. The first-order valence-corrected chi connectivity index (χ1v) is 31.7. The molecular weight excluding hydrogens is 1310 g/mol. The van der Waals surface area contributed by atoms with Crippen molar-refractivity contribution in [2.75, 3.05) is 6.61 Å². The summed E-state index contributed by atoms with van der Waals surface area (Å²) in [4.78, 5) is 137. The number of ether oxygens (including phenoxy) is 13. The van der Waals surface area contributed by atoms with Crippen LogP contribution in [0.4, 0.5) is 13.2 Å². The van der Waals surface area contributed by atoms with Gasteiger partial charge in [0.1, 0.15) is 24.4 Å². The number of halogens is 3. The lowest BCUT2D eigenvalue weighted by Gasteiger charge is -2.37. The lowest BCUT2D eigenvalue weighted by molar-refractivity contribution is -0.269. The number of cyclic esters (lactones) is 1. The minimum absolute atomic E-state index is 0.0409. The summed E-state index contributed by atoms with van der Waals surface area (Å²) in [6.07, 6.45) is 16.2. The Morgan fingerprint density at radius 1 is 0.434 bits per heavy atom. The molecule has 0 aromatic rings. The van der Waals surface area contributed by atoms with Gasteiger partial charge in [0.2, 0.25) is 24.4 Å². The van der Waals surface area contributed by atoms with Gasteiger partial charge >= 0.3 is 83.4 Å². The molecule has 18 atom stereocenters. The molecule has 0 saturated carbocycles. The Morgan fingerprint density at radius 3 is 1.44 bits per heavy atom. The Labute approximate surface area is 568 Å². The van der Waals surface area contributed by atoms with Gasteiger partial charge in [0.15, 0.2) is 18.3 Å². The third kappa shape index (κ3) is 18.5. The van der Waals surface area contributed by atoms with Crippen LogP contribution in [0.5, 0.6) is 0 Å². The molecule has 0 spiro atoms. The van der Waals surface area contributed by atoms with Gasteiger partial charge < -0.3 is 61.6 Å². The Hall–Kier alpha value is -9.89. The minimum Gasteiger partial charge on any atom is -0.489 e. The molecule has 0 radical (unpaired) electrons. The molecular formula is C71H79F3O25. The van der Waals surface area contributed by atoms with E-state index in [9.17, 15) is 70.7 Å². The van der Waals surface area contributed by atoms with E-state index in [1.165, 1.54) is 32.3 Å². The summed E-state index contributed by atoms with van der Waals surface area (Å²) in [7, 11) is 0. The molecule has 0 aromatic carbocycles. The summed E-state index contributed by atoms with van der Waals surface area (Å²) in [5.74, 6) is -8.71. The van der Waals surface area contributed by atoms with Crippen molar-refractivity contribution in [2.45, 2.75) is 178 Å². The maximum atomic E-state index is 13.3. The molecule has 0 amide bonds. The Kier molecular flexibility index (Phi) is 25.6. The monoisotopic (exact) mass is 1390 g/mol. The van der Waals surface area contributed by atoms with Crippen LogP contribution in [0.3, 0.4) is 0 Å². The molecule has 0 N–H and O–H groups in total. The van der Waals surface area contributed by atoms with Crippen LogP contribution >= 0.6 is 0 Å². The number of allylic oxidation sites excluding steroid dienone is 6. The van der Waals surface area contributed by atoms with E-state index in [0.29, 0.717) is 49.0 Å². The van der Waals surface area contributed by atoms with Gasteiger partial charge in [0.05, 0.1) is 24.7 Å². The zero-order valence-electron chi connectivity index (χ0n) is 55.4. The van der Waals surface area contributed by atoms with Gasteiger partial charge in [0.25, 0.3) is 0 Å². The summed E-state index contributed by atoms with van der Waals surface area (Å²) in [6, 6.07) is 0.